The third-order valence-electron chi connectivity index (χ3n) is 2.62. The molecule has 2 heterocycles. The quantitative estimate of drug-likeness (QED) is 0.618. The SMILES string of the molecule is O=C1ON=C(c2ccccc2)C1=Cc1cc(Br)cs1. The molecule has 0 fully saturated rings. The molecule has 0 amide bonds. The zero-order valence-electron chi connectivity index (χ0n) is 9.67. The van der Waals surface area contributed by atoms with Crippen LogP contribution < -0.4 is 0 Å². The van der Waals surface area contributed by atoms with Crippen molar-refractivity contribution in [2.45, 2.75) is 0 Å². The molecular formula is C14H8BrNO2S. The second kappa shape index (κ2) is 5.11. The van der Waals surface area contributed by atoms with Crippen molar-refractivity contribution in [2.75, 3.05) is 0 Å². The van der Waals surface area contributed by atoms with Gasteiger partial charge in [0.2, 0.25) is 0 Å². The lowest BCUT2D eigenvalue weighted by molar-refractivity contribution is -0.136. The van der Waals surface area contributed by atoms with Crippen LogP contribution in [0.25, 0.3) is 6.08 Å². The first-order valence-electron chi connectivity index (χ1n) is 5.55. The van der Waals surface area contributed by atoms with Gasteiger partial charge in [-0.1, -0.05) is 35.5 Å². The minimum atomic E-state index is -0.414. The molecule has 0 atom stereocenters. The maximum Gasteiger partial charge on any atom is 0.368 e. The van der Waals surface area contributed by atoms with Gasteiger partial charge in [-0.05, 0) is 28.1 Å². The van der Waals surface area contributed by atoms with E-state index in [1.807, 2.05) is 41.8 Å². The summed E-state index contributed by atoms with van der Waals surface area (Å²) in [4.78, 5) is 17.5. The van der Waals surface area contributed by atoms with Gasteiger partial charge < -0.3 is 4.84 Å². The fourth-order valence-corrected chi connectivity index (χ4v) is 3.14. The Morgan fingerprint density at radius 1 is 1.26 bits per heavy atom. The zero-order chi connectivity index (χ0) is 13.2. The van der Waals surface area contributed by atoms with Gasteiger partial charge in [0.25, 0.3) is 0 Å². The van der Waals surface area contributed by atoms with Crippen LogP contribution in [-0.4, -0.2) is 11.7 Å². The molecule has 0 N–H and O–H groups in total. The van der Waals surface area contributed by atoms with Crippen LogP contribution in [0.3, 0.4) is 0 Å². The third kappa shape index (κ3) is 2.52. The van der Waals surface area contributed by atoms with Gasteiger partial charge >= 0.3 is 5.97 Å². The van der Waals surface area contributed by atoms with Crippen molar-refractivity contribution >= 4 is 45.0 Å². The summed E-state index contributed by atoms with van der Waals surface area (Å²) in [7, 11) is 0. The van der Waals surface area contributed by atoms with Crippen LogP contribution in [0.1, 0.15) is 10.4 Å². The monoisotopic (exact) mass is 333 g/mol. The zero-order valence-corrected chi connectivity index (χ0v) is 12.1. The summed E-state index contributed by atoms with van der Waals surface area (Å²) < 4.78 is 0.994. The number of hydrogen-bond acceptors (Lipinski definition) is 4. The molecule has 0 spiro atoms. The second-order valence-corrected chi connectivity index (χ2v) is 5.77. The maximum atomic E-state index is 11.8. The molecule has 0 unspecified atom stereocenters. The average Bonchev–Trinajstić information content (AvgIpc) is 2.99. The number of carbonyl (C=O) groups excluding carboxylic acids is 1. The van der Waals surface area contributed by atoms with Crippen molar-refractivity contribution in [3.63, 3.8) is 0 Å². The van der Waals surface area contributed by atoms with E-state index in [0.29, 0.717) is 11.3 Å². The van der Waals surface area contributed by atoms with Gasteiger partial charge in [-0.3, -0.25) is 0 Å². The molecule has 3 nitrogen and oxygen atoms in total. The Balaban J connectivity index is 2.01. The summed E-state index contributed by atoms with van der Waals surface area (Å²) >= 11 is 4.94. The Kier molecular flexibility index (Phi) is 3.31. The van der Waals surface area contributed by atoms with E-state index in [1.54, 1.807) is 17.4 Å². The largest absolute Gasteiger partial charge is 0.368 e. The van der Waals surface area contributed by atoms with Crippen molar-refractivity contribution in [1.82, 2.24) is 0 Å². The highest BCUT2D eigenvalue weighted by Gasteiger charge is 2.26. The number of nitrogens with zero attached hydrogens (tertiary/aromatic N) is 1. The van der Waals surface area contributed by atoms with E-state index in [1.165, 1.54) is 0 Å². The standard InChI is InChI=1S/C14H8BrNO2S/c15-10-6-11(19-8-10)7-12-13(16-18-14(12)17)9-4-2-1-3-5-9/h1-8H. The van der Waals surface area contributed by atoms with E-state index in [-0.39, 0.29) is 0 Å². The molecule has 3 rings (SSSR count). The first-order chi connectivity index (χ1) is 9.24. The van der Waals surface area contributed by atoms with E-state index < -0.39 is 5.97 Å². The van der Waals surface area contributed by atoms with Crippen molar-refractivity contribution in [1.29, 1.82) is 0 Å². The van der Waals surface area contributed by atoms with Crippen molar-refractivity contribution in [3.05, 3.63) is 62.3 Å². The first-order valence-corrected chi connectivity index (χ1v) is 7.22. The Labute approximate surface area is 122 Å². The topological polar surface area (TPSA) is 38.7 Å². The molecule has 0 saturated heterocycles. The third-order valence-corrected chi connectivity index (χ3v) is 4.26. The van der Waals surface area contributed by atoms with Crippen LogP contribution in [0.5, 0.6) is 0 Å². The molecule has 0 aliphatic carbocycles. The highest BCUT2D eigenvalue weighted by Crippen LogP contribution is 2.25. The molecule has 1 aromatic carbocycles. The lowest BCUT2D eigenvalue weighted by atomic mass is 10.0. The van der Waals surface area contributed by atoms with Crippen LogP contribution >= 0.6 is 27.3 Å². The molecule has 0 saturated carbocycles. The van der Waals surface area contributed by atoms with Gasteiger partial charge in [0.05, 0.1) is 5.57 Å². The minimum absolute atomic E-state index is 0.414. The fraction of sp³-hybridized carbons (Fsp3) is 0. The van der Waals surface area contributed by atoms with Crippen molar-refractivity contribution in [3.8, 4) is 0 Å². The van der Waals surface area contributed by atoms with E-state index in [0.717, 1.165) is 14.9 Å². The van der Waals surface area contributed by atoms with Crippen molar-refractivity contribution in [2.24, 2.45) is 5.16 Å². The number of benzene rings is 1. The number of halogens is 1. The number of thiophene rings is 1. The van der Waals surface area contributed by atoms with E-state index >= 15 is 0 Å². The van der Waals surface area contributed by atoms with Crippen LogP contribution in [0.15, 0.2) is 57.0 Å². The molecule has 1 aliphatic rings. The molecule has 1 aromatic heterocycles. The average molecular weight is 334 g/mol. The number of hydrogen-bond donors (Lipinski definition) is 0. The predicted octanol–water partition coefficient (Wildman–Crippen LogP) is 3.86. The smallest absolute Gasteiger partial charge is 0.312 e. The molecular weight excluding hydrogens is 326 g/mol. The molecule has 0 radical (unpaired) electrons. The molecule has 2 aromatic rings. The lowest BCUT2D eigenvalue weighted by Crippen LogP contribution is -2.06. The number of oxime groups is 1. The van der Waals surface area contributed by atoms with Gasteiger partial charge in [0, 0.05) is 20.3 Å². The first kappa shape index (κ1) is 12.3. The molecule has 1 aliphatic heterocycles. The molecule has 19 heavy (non-hydrogen) atoms. The Hall–Kier alpha value is -1.72. The Morgan fingerprint density at radius 2 is 2.05 bits per heavy atom. The highest BCUT2D eigenvalue weighted by atomic mass is 79.9. The van der Waals surface area contributed by atoms with E-state index in [4.69, 9.17) is 4.84 Å². The fourth-order valence-electron chi connectivity index (χ4n) is 1.76. The number of rotatable bonds is 2. The summed E-state index contributed by atoms with van der Waals surface area (Å²) in [6.45, 7) is 0. The number of carbonyl (C=O) groups is 1. The predicted molar refractivity (Wildman–Crippen MR) is 79.1 cm³/mol. The van der Waals surface area contributed by atoms with Crippen molar-refractivity contribution < 1.29 is 9.63 Å². The lowest BCUT2D eigenvalue weighted by Gasteiger charge is -1.98. The summed E-state index contributed by atoms with van der Waals surface area (Å²) in [5.41, 5.74) is 1.94. The Morgan fingerprint density at radius 3 is 2.74 bits per heavy atom. The normalized spacial score (nSPS) is 16.6. The van der Waals surface area contributed by atoms with E-state index in [9.17, 15) is 4.79 Å². The second-order valence-electron chi connectivity index (χ2n) is 3.91. The van der Waals surface area contributed by atoms with Gasteiger partial charge in [-0.25, -0.2) is 4.79 Å². The molecule has 94 valence electrons. The van der Waals surface area contributed by atoms with Gasteiger partial charge in [-0.15, -0.1) is 11.3 Å². The van der Waals surface area contributed by atoms with E-state index in [2.05, 4.69) is 21.1 Å². The minimum Gasteiger partial charge on any atom is -0.312 e. The molecule has 5 heteroatoms. The highest BCUT2D eigenvalue weighted by molar-refractivity contribution is 9.10. The molecule has 0 bridgehead atoms. The summed E-state index contributed by atoms with van der Waals surface area (Å²) in [5, 5.41) is 5.83. The van der Waals surface area contributed by atoms with Gasteiger partial charge in [0.1, 0.15) is 5.71 Å². The maximum absolute atomic E-state index is 11.8. The van der Waals surface area contributed by atoms with Crippen LogP contribution in [0, 0.1) is 0 Å². The van der Waals surface area contributed by atoms with Gasteiger partial charge in [-0.2, -0.15) is 0 Å². The summed E-state index contributed by atoms with van der Waals surface area (Å²) in [5.74, 6) is -0.414. The Bertz CT molecular complexity index is 688. The van der Waals surface area contributed by atoms with Gasteiger partial charge in [0.15, 0.2) is 0 Å². The van der Waals surface area contributed by atoms with Crippen LogP contribution in [-0.2, 0) is 9.63 Å². The van der Waals surface area contributed by atoms with Crippen LogP contribution in [0.4, 0.5) is 0 Å². The summed E-state index contributed by atoms with van der Waals surface area (Å²) in [6, 6.07) is 11.5. The van der Waals surface area contributed by atoms with Crippen LogP contribution in [0.2, 0.25) is 0 Å². The summed E-state index contributed by atoms with van der Waals surface area (Å²) in [6.07, 6.45) is 1.80.